The zero-order valence-electron chi connectivity index (χ0n) is 9.28. The minimum atomic E-state index is -0.921. The highest BCUT2D eigenvalue weighted by molar-refractivity contribution is 8.05. The Kier molecular flexibility index (Phi) is 3.95. The van der Waals surface area contributed by atoms with E-state index in [0.29, 0.717) is 0 Å². The highest BCUT2D eigenvalue weighted by Crippen LogP contribution is 2.63. The minimum absolute atomic E-state index is 0.0759. The van der Waals surface area contributed by atoms with Gasteiger partial charge in [-0.3, -0.25) is 9.59 Å². The molecule has 0 atom stereocenters. The summed E-state index contributed by atoms with van der Waals surface area (Å²) in [6.45, 7) is 0.173. The molecule has 0 aromatic heterocycles. The van der Waals surface area contributed by atoms with Crippen molar-refractivity contribution in [3.8, 4) is 0 Å². The van der Waals surface area contributed by atoms with Gasteiger partial charge >= 0.3 is 11.9 Å². The molecular formula is C11H9NO4P2. The van der Waals surface area contributed by atoms with Crippen LogP contribution in [-0.2, 0) is 20.9 Å². The van der Waals surface area contributed by atoms with Gasteiger partial charge in [-0.05, 0) is 21.3 Å². The zero-order valence-corrected chi connectivity index (χ0v) is 11.1. The number of hydrogen-bond donors (Lipinski definition) is 0. The Hall–Kier alpha value is -1.44. The summed E-state index contributed by atoms with van der Waals surface area (Å²) in [7, 11) is 1.50. The van der Waals surface area contributed by atoms with Crippen LogP contribution in [-0.4, -0.2) is 16.8 Å². The summed E-state index contributed by atoms with van der Waals surface area (Å²) in [6, 6.07) is 9.26. The van der Waals surface area contributed by atoms with Crippen LogP contribution >= 0.6 is 15.7 Å². The van der Waals surface area contributed by atoms with Gasteiger partial charge in [0.05, 0.1) is 6.42 Å². The second-order valence-corrected chi connectivity index (χ2v) is 7.22. The molecule has 2 rings (SSSR count). The molecule has 0 saturated heterocycles. The van der Waals surface area contributed by atoms with E-state index in [-0.39, 0.29) is 13.0 Å². The van der Waals surface area contributed by atoms with Gasteiger partial charge in [-0.25, -0.2) is 0 Å². The average Bonchev–Trinajstić information content (AvgIpc) is 3.17. The lowest BCUT2D eigenvalue weighted by Crippen LogP contribution is -2.23. The molecule has 1 aromatic rings. The molecule has 0 bridgehead atoms. The highest BCUT2D eigenvalue weighted by atomic mass is 31.8. The lowest BCUT2D eigenvalue weighted by molar-refractivity contribution is -0.146. The van der Waals surface area contributed by atoms with E-state index in [1.54, 1.807) is 0 Å². The molecule has 92 valence electrons. The Morgan fingerprint density at radius 2 is 1.89 bits per heavy atom. The van der Waals surface area contributed by atoms with Crippen molar-refractivity contribution in [3.63, 3.8) is 0 Å². The molecule has 7 heteroatoms. The summed E-state index contributed by atoms with van der Waals surface area (Å²) < 4.78 is 5.05. The molecule has 0 radical (unpaired) electrons. The van der Waals surface area contributed by atoms with Gasteiger partial charge in [0.15, 0.2) is 4.90 Å². The molecule has 0 saturated carbocycles. The molecule has 5 nitrogen and oxygen atoms in total. The number of carbonyl (C=O) groups excluding carboxylic acids is 2. The third kappa shape index (κ3) is 3.06. The summed E-state index contributed by atoms with van der Waals surface area (Å²) in [5.74, 6) is -1.24. The molecule has 1 amide bonds. The molecule has 1 aliphatic rings. The van der Waals surface area contributed by atoms with Crippen LogP contribution in [0.1, 0.15) is 12.0 Å². The summed E-state index contributed by atoms with van der Waals surface area (Å²) in [5, 5.41) is 2.38. The van der Waals surface area contributed by atoms with Crippen LogP contribution in [0.4, 0.5) is 0 Å². The van der Waals surface area contributed by atoms with Crippen molar-refractivity contribution in [2.75, 3.05) is 0 Å². The summed E-state index contributed by atoms with van der Waals surface area (Å²) in [4.78, 5) is 32.0. The molecule has 0 fully saturated rings. The molecule has 1 heterocycles. The monoisotopic (exact) mass is 281 g/mol. The van der Waals surface area contributed by atoms with Crippen molar-refractivity contribution in [2.45, 2.75) is 17.9 Å². The number of amides is 1. The van der Waals surface area contributed by atoms with E-state index in [0.717, 1.165) is 21.3 Å². The van der Waals surface area contributed by atoms with Crippen LogP contribution in [0.25, 0.3) is 0 Å². The Bertz CT molecular complexity index is 509. The molecule has 0 unspecified atom stereocenters. The Morgan fingerprint density at radius 3 is 2.44 bits per heavy atom. The minimum Gasteiger partial charge on any atom is -0.461 e. The van der Waals surface area contributed by atoms with Gasteiger partial charge in [0, 0.05) is 5.18 Å². The van der Waals surface area contributed by atoms with Crippen LogP contribution in [0.5, 0.6) is 0 Å². The number of nitroso groups, excluding NO2 is 1. The fraction of sp³-hybridized carbons (Fsp3) is 0.273. The van der Waals surface area contributed by atoms with Gasteiger partial charge in [-0.1, -0.05) is 30.3 Å². The van der Waals surface area contributed by atoms with Crippen LogP contribution in [0.3, 0.4) is 0 Å². The average molecular weight is 281 g/mol. The third-order valence-electron chi connectivity index (χ3n) is 2.40. The van der Waals surface area contributed by atoms with E-state index in [1.807, 2.05) is 30.3 Å². The fourth-order valence-electron chi connectivity index (χ4n) is 1.36. The first kappa shape index (κ1) is 13.0. The van der Waals surface area contributed by atoms with Gasteiger partial charge in [0.2, 0.25) is 0 Å². The van der Waals surface area contributed by atoms with E-state index in [2.05, 4.69) is 5.18 Å². The standard InChI is InChI=1S/C11H9NO4P2/c13-9(6-11(17-18-11)10(14)12-15)16-7-8-4-2-1-3-5-8/h1-5H,6-7H2. The topological polar surface area (TPSA) is 72.8 Å². The highest BCUT2D eigenvalue weighted by Gasteiger charge is 2.48. The van der Waals surface area contributed by atoms with Crippen molar-refractivity contribution in [1.29, 1.82) is 0 Å². The van der Waals surface area contributed by atoms with Crippen molar-refractivity contribution in [3.05, 3.63) is 40.8 Å². The van der Waals surface area contributed by atoms with E-state index in [9.17, 15) is 14.5 Å². The first-order chi connectivity index (χ1) is 8.66. The van der Waals surface area contributed by atoms with E-state index in [4.69, 9.17) is 4.74 Å². The second-order valence-electron chi connectivity index (χ2n) is 3.74. The number of ether oxygens (including phenoxy) is 1. The third-order valence-corrected chi connectivity index (χ3v) is 5.83. The molecule has 1 aromatic carbocycles. The maximum Gasteiger partial charge on any atom is 0.310 e. The lowest BCUT2D eigenvalue weighted by atomic mass is 10.2. The second kappa shape index (κ2) is 5.47. The largest absolute Gasteiger partial charge is 0.461 e. The number of benzene rings is 1. The van der Waals surface area contributed by atoms with Crippen LogP contribution in [0.2, 0.25) is 0 Å². The van der Waals surface area contributed by atoms with Gasteiger partial charge < -0.3 is 4.74 Å². The normalized spacial score (nSPS) is 22.0. The van der Waals surface area contributed by atoms with Gasteiger partial charge in [-0.15, -0.1) is 4.91 Å². The Balaban J connectivity index is 1.83. The molecule has 0 N–H and O–H groups in total. The van der Waals surface area contributed by atoms with Crippen LogP contribution < -0.4 is 0 Å². The van der Waals surface area contributed by atoms with Gasteiger partial charge in [-0.2, -0.15) is 0 Å². The van der Waals surface area contributed by atoms with Gasteiger partial charge in [0.1, 0.15) is 6.61 Å². The van der Waals surface area contributed by atoms with Crippen LogP contribution in [0, 0.1) is 4.91 Å². The molecule has 0 aliphatic carbocycles. The van der Waals surface area contributed by atoms with E-state index >= 15 is 0 Å². The Morgan fingerprint density at radius 1 is 1.22 bits per heavy atom. The van der Waals surface area contributed by atoms with Crippen molar-refractivity contribution in [1.82, 2.24) is 0 Å². The lowest BCUT2D eigenvalue weighted by Gasteiger charge is -2.08. The molecule has 1 aliphatic heterocycles. The molecule has 18 heavy (non-hydrogen) atoms. The summed E-state index contributed by atoms with van der Waals surface area (Å²) in [5.41, 5.74) is 0.880. The van der Waals surface area contributed by atoms with Gasteiger partial charge in [0.25, 0.3) is 0 Å². The molecular weight excluding hydrogens is 272 g/mol. The number of rotatable bonds is 5. The number of esters is 1. The van der Waals surface area contributed by atoms with Crippen molar-refractivity contribution < 1.29 is 14.3 Å². The molecule has 0 spiro atoms. The maximum atomic E-state index is 11.6. The SMILES string of the molecule is O=NC(=O)C1(CC(=O)OCc2ccccc2)P=P1. The quantitative estimate of drug-likeness (QED) is 0.472. The van der Waals surface area contributed by atoms with E-state index in [1.165, 1.54) is 0 Å². The number of hydrogen-bond acceptors (Lipinski definition) is 4. The first-order valence-corrected chi connectivity index (χ1v) is 7.67. The smallest absolute Gasteiger partial charge is 0.310 e. The predicted octanol–water partition coefficient (Wildman–Crippen LogP) is 2.93. The van der Waals surface area contributed by atoms with Crippen LogP contribution in [0.15, 0.2) is 35.5 Å². The van der Waals surface area contributed by atoms with Crippen molar-refractivity contribution in [2.24, 2.45) is 5.18 Å². The summed E-state index contributed by atoms with van der Waals surface area (Å²) >= 11 is 0. The Labute approximate surface area is 106 Å². The maximum absolute atomic E-state index is 11.6. The zero-order chi connectivity index (χ0) is 13.0. The fourth-order valence-corrected chi connectivity index (χ4v) is 3.43. The first-order valence-electron chi connectivity index (χ1n) is 5.18. The van der Waals surface area contributed by atoms with E-state index < -0.39 is 16.8 Å². The number of nitrogens with zero attached hydrogens (tertiary/aromatic N) is 1. The number of carbonyl (C=O) groups is 2. The predicted molar refractivity (Wildman–Crippen MR) is 68.2 cm³/mol. The van der Waals surface area contributed by atoms with Crippen molar-refractivity contribution >= 4 is 27.6 Å². The summed E-state index contributed by atoms with van der Waals surface area (Å²) in [6.07, 6.45) is -0.0759.